The Morgan fingerprint density at radius 1 is 1.08 bits per heavy atom. The van der Waals surface area contributed by atoms with Crippen molar-refractivity contribution in [3.8, 4) is 0 Å². The van der Waals surface area contributed by atoms with E-state index in [1.807, 2.05) is 24.3 Å². The minimum Gasteiger partial charge on any atom is -0.453 e. The zero-order valence-electron chi connectivity index (χ0n) is 15.7. The molecule has 0 radical (unpaired) electrons. The highest BCUT2D eigenvalue weighted by molar-refractivity contribution is 9.10. The average Bonchev–Trinajstić information content (AvgIpc) is 2.93. The summed E-state index contributed by atoms with van der Waals surface area (Å²) in [5, 5.41) is 0.968. The van der Waals surface area contributed by atoms with Crippen molar-refractivity contribution in [3.05, 3.63) is 68.9 Å². The van der Waals surface area contributed by atoms with E-state index in [1.54, 1.807) is 0 Å². The molecule has 0 spiro atoms. The van der Waals surface area contributed by atoms with E-state index < -0.39 is 0 Å². The summed E-state index contributed by atoms with van der Waals surface area (Å²) < 4.78 is 6.80. The van der Waals surface area contributed by atoms with E-state index in [1.165, 1.54) is 22.3 Å². The first-order chi connectivity index (χ1) is 12.3. The first kappa shape index (κ1) is 17.5. The first-order valence-electron chi connectivity index (χ1n) is 9.08. The topological polar surface area (TPSA) is 30.2 Å². The molecule has 4 rings (SSSR count). The Morgan fingerprint density at radius 3 is 2.38 bits per heavy atom. The second-order valence-electron chi connectivity index (χ2n) is 8.10. The van der Waals surface area contributed by atoms with E-state index in [4.69, 9.17) is 4.42 Å². The van der Waals surface area contributed by atoms with Gasteiger partial charge >= 0.3 is 0 Å². The molecule has 1 aliphatic carbocycles. The zero-order chi connectivity index (χ0) is 18.6. The lowest BCUT2D eigenvalue weighted by Gasteiger charge is -2.46. The van der Waals surface area contributed by atoms with Crippen LogP contribution in [0.4, 0.5) is 0 Å². The van der Waals surface area contributed by atoms with Crippen molar-refractivity contribution < 1.29 is 9.21 Å². The van der Waals surface area contributed by atoms with Crippen molar-refractivity contribution in [2.24, 2.45) is 5.92 Å². The van der Waals surface area contributed by atoms with Gasteiger partial charge in [0.25, 0.3) is 0 Å². The molecule has 0 unspecified atom stereocenters. The van der Waals surface area contributed by atoms with Gasteiger partial charge in [0.2, 0.25) is 5.78 Å². The van der Waals surface area contributed by atoms with Crippen LogP contribution in [0.1, 0.15) is 52.6 Å². The van der Waals surface area contributed by atoms with Gasteiger partial charge in [0.1, 0.15) is 5.58 Å². The lowest BCUT2D eigenvalue weighted by Crippen LogP contribution is -2.43. The van der Waals surface area contributed by atoms with E-state index in [-0.39, 0.29) is 17.1 Å². The summed E-state index contributed by atoms with van der Waals surface area (Å²) in [5.74, 6) is 0.670. The van der Waals surface area contributed by atoms with Crippen LogP contribution >= 0.6 is 15.9 Å². The third-order valence-corrected chi connectivity index (χ3v) is 6.26. The number of ketones is 1. The normalized spacial score (nSPS) is 22.4. The van der Waals surface area contributed by atoms with E-state index >= 15 is 0 Å². The third-order valence-electron chi connectivity index (χ3n) is 5.77. The van der Waals surface area contributed by atoms with Crippen LogP contribution in [0.15, 0.2) is 45.3 Å². The zero-order valence-corrected chi connectivity index (χ0v) is 17.2. The minimum atomic E-state index is 0.0455. The van der Waals surface area contributed by atoms with Gasteiger partial charge in [-0.25, -0.2) is 0 Å². The van der Waals surface area contributed by atoms with Crippen molar-refractivity contribution >= 4 is 32.7 Å². The Balaban J connectivity index is 1.57. The second kappa shape index (κ2) is 6.09. The number of halogens is 1. The maximum atomic E-state index is 12.9. The highest BCUT2D eigenvalue weighted by Gasteiger charge is 2.47. The molecule has 1 heterocycles. The summed E-state index contributed by atoms with van der Waals surface area (Å²) >= 11 is 3.47. The van der Waals surface area contributed by atoms with E-state index in [9.17, 15) is 4.79 Å². The fourth-order valence-electron chi connectivity index (χ4n) is 4.89. The Hall–Kier alpha value is -1.87. The molecule has 0 aliphatic heterocycles. The Kier molecular flexibility index (Phi) is 4.11. The number of hydrogen-bond acceptors (Lipinski definition) is 2. The van der Waals surface area contributed by atoms with E-state index in [0.717, 1.165) is 28.3 Å². The average molecular weight is 411 g/mol. The van der Waals surface area contributed by atoms with Crippen LogP contribution in [0.25, 0.3) is 11.0 Å². The van der Waals surface area contributed by atoms with Gasteiger partial charge in [0.05, 0.1) is 0 Å². The number of hydrogen-bond donors (Lipinski definition) is 0. The molecule has 1 aromatic heterocycles. The summed E-state index contributed by atoms with van der Waals surface area (Å²) in [4.78, 5) is 12.9. The predicted molar refractivity (Wildman–Crippen MR) is 109 cm³/mol. The fourth-order valence-corrected chi connectivity index (χ4v) is 5.27. The predicted octanol–water partition coefficient (Wildman–Crippen LogP) is 6.67. The van der Waals surface area contributed by atoms with Crippen LogP contribution in [0, 0.1) is 26.7 Å². The molecular formula is C23H23BrO2. The lowest BCUT2D eigenvalue weighted by molar-refractivity contribution is 0.0705. The molecule has 0 atom stereocenters. The summed E-state index contributed by atoms with van der Waals surface area (Å²) in [6, 6.07) is 12.2. The molecule has 2 nitrogen and oxygen atoms in total. The number of carbonyl (C=O) groups excluding carboxylic acids is 1. The maximum absolute atomic E-state index is 12.9. The van der Waals surface area contributed by atoms with Gasteiger partial charge in [0, 0.05) is 15.8 Å². The molecule has 1 saturated carbocycles. The van der Waals surface area contributed by atoms with Gasteiger partial charge < -0.3 is 4.42 Å². The molecular weight excluding hydrogens is 388 g/mol. The molecule has 0 N–H and O–H groups in total. The van der Waals surface area contributed by atoms with Crippen molar-refractivity contribution in [3.63, 3.8) is 0 Å². The van der Waals surface area contributed by atoms with Gasteiger partial charge in [-0.3, -0.25) is 4.79 Å². The molecule has 134 valence electrons. The number of benzene rings is 2. The smallest absolute Gasteiger partial charge is 0.201 e. The summed E-state index contributed by atoms with van der Waals surface area (Å²) in [6.45, 7) is 8.80. The van der Waals surface area contributed by atoms with Crippen molar-refractivity contribution in [1.82, 2.24) is 0 Å². The highest BCUT2D eigenvalue weighted by atomic mass is 79.9. The first-order valence-corrected chi connectivity index (χ1v) is 9.88. The molecule has 3 aromatic rings. The SMILES string of the molecule is Cc1cc(C)c(C2(C)CC(C(=O)c3cc4cc(Br)ccc4o3)C2)c(C)c1. The Morgan fingerprint density at radius 2 is 1.73 bits per heavy atom. The van der Waals surface area contributed by atoms with Crippen LogP contribution in [-0.2, 0) is 5.41 Å². The molecule has 26 heavy (non-hydrogen) atoms. The van der Waals surface area contributed by atoms with Gasteiger partial charge in [0.15, 0.2) is 5.76 Å². The quantitative estimate of drug-likeness (QED) is 0.451. The summed E-state index contributed by atoms with van der Waals surface area (Å²) in [7, 11) is 0. The minimum absolute atomic E-state index is 0.0455. The molecule has 3 heteroatoms. The van der Waals surface area contributed by atoms with Gasteiger partial charge in [-0.05, 0) is 80.0 Å². The van der Waals surface area contributed by atoms with Gasteiger partial charge in [-0.2, -0.15) is 0 Å². The number of aryl methyl sites for hydroxylation is 3. The highest BCUT2D eigenvalue weighted by Crippen LogP contribution is 2.50. The maximum Gasteiger partial charge on any atom is 0.201 e. The third kappa shape index (κ3) is 2.83. The number of Topliss-reactive ketones (excluding diaryl/α,β-unsaturated/α-hetero) is 1. The fraction of sp³-hybridized carbons (Fsp3) is 0.348. The molecule has 1 fully saturated rings. The van der Waals surface area contributed by atoms with Crippen LogP contribution in [0.2, 0.25) is 0 Å². The number of furan rings is 1. The molecule has 0 saturated heterocycles. The number of fused-ring (bicyclic) bond motifs is 1. The Labute approximate surface area is 162 Å². The van der Waals surface area contributed by atoms with Crippen molar-refractivity contribution in [2.45, 2.75) is 46.0 Å². The van der Waals surface area contributed by atoms with Crippen molar-refractivity contribution in [2.75, 3.05) is 0 Å². The number of rotatable bonds is 3. The molecule has 2 aromatic carbocycles. The lowest BCUT2D eigenvalue weighted by atomic mass is 9.57. The van der Waals surface area contributed by atoms with E-state index in [0.29, 0.717) is 5.76 Å². The largest absolute Gasteiger partial charge is 0.453 e. The standard InChI is InChI=1S/C23H23BrO2/c1-13-7-14(2)21(15(3)8-13)23(4)11-17(12-23)22(25)20-10-16-9-18(24)5-6-19(16)26-20/h5-10,17H,11-12H2,1-4H3. The van der Waals surface area contributed by atoms with E-state index in [2.05, 4.69) is 55.8 Å². The number of carbonyl (C=O) groups is 1. The summed E-state index contributed by atoms with van der Waals surface area (Å²) in [5.41, 5.74) is 6.24. The van der Waals surface area contributed by atoms with Crippen LogP contribution in [-0.4, -0.2) is 5.78 Å². The van der Waals surface area contributed by atoms with Crippen LogP contribution in [0.5, 0.6) is 0 Å². The van der Waals surface area contributed by atoms with Crippen LogP contribution < -0.4 is 0 Å². The molecule has 0 amide bonds. The summed E-state index contributed by atoms with van der Waals surface area (Å²) in [6.07, 6.45) is 1.77. The monoisotopic (exact) mass is 410 g/mol. The Bertz CT molecular complexity index is 999. The second-order valence-corrected chi connectivity index (χ2v) is 9.01. The van der Waals surface area contributed by atoms with Gasteiger partial charge in [-0.1, -0.05) is 40.5 Å². The van der Waals surface area contributed by atoms with Crippen molar-refractivity contribution in [1.29, 1.82) is 0 Å². The molecule has 1 aliphatic rings. The molecule has 0 bridgehead atoms. The van der Waals surface area contributed by atoms with Gasteiger partial charge in [-0.15, -0.1) is 0 Å². The van der Waals surface area contributed by atoms with Crippen LogP contribution in [0.3, 0.4) is 0 Å².